The summed E-state index contributed by atoms with van der Waals surface area (Å²) >= 11 is 1.53. The number of imidazole rings is 1. The Bertz CT molecular complexity index is 2550. The second kappa shape index (κ2) is 17.0. The lowest BCUT2D eigenvalue weighted by molar-refractivity contribution is -0.141. The van der Waals surface area contributed by atoms with E-state index in [2.05, 4.69) is 15.4 Å². The number of nitrogens with one attached hydrogen (secondary N) is 3. The van der Waals surface area contributed by atoms with Crippen molar-refractivity contribution in [2.45, 2.75) is 126 Å². The van der Waals surface area contributed by atoms with Gasteiger partial charge in [0.2, 0.25) is 21.8 Å². The van der Waals surface area contributed by atoms with E-state index in [9.17, 15) is 27.6 Å². The summed E-state index contributed by atoms with van der Waals surface area (Å²) < 4.78 is 36.6. The van der Waals surface area contributed by atoms with E-state index in [0.717, 1.165) is 53.0 Å². The van der Waals surface area contributed by atoms with Crippen molar-refractivity contribution < 1.29 is 32.3 Å². The smallest absolute Gasteiger partial charge is 0.318 e. The molecule has 5 atom stereocenters. The number of amides is 5. The average Bonchev–Trinajstić information content (AvgIpc) is 3.75. The third kappa shape index (κ3) is 8.45. The minimum atomic E-state index is -4.00. The third-order valence-electron chi connectivity index (χ3n) is 13.4. The topological polar surface area (TPSA) is 185 Å². The molecule has 63 heavy (non-hydrogen) atoms. The molecule has 0 unspecified atom stereocenters. The number of allylic oxidation sites excluding steroid dienone is 1. The first-order valence-corrected chi connectivity index (χ1v) is 24.7. The lowest BCUT2D eigenvalue weighted by atomic mass is 10.0. The summed E-state index contributed by atoms with van der Waals surface area (Å²) in [5, 5.41) is 8.81. The van der Waals surface area contributed by atoms with E-state index in [4.69, 9.17) is 14.7 Å². The lowest BCUT2D eigenvalue weighted by Gasteiger charge is -2.30. The van der Waals surface area contributed by atoms with E-state index in [-0.39, 0.29) is 31.5 Å². The number of rotatable bonds is 9. The van der Waals surface area contributed by atoms with Crippen LogP contribution in [0.3, 0.4) is 0 Å². The van der Waals surface area contributed by atoms with Crippen LogP contribution in [-0.4, -0.2) is 105 Å². The molecular weight excluding hydrogens is 841 g/mol. The quantitative estimate of drug-likeness (QED) is 0.162. The SMILES string of the molecule is CC(C)n1c(O[C@@H]2C[C@H]3C(=O)N[C@]4(C(=O)NS(=O)(=O)C5(C)CC5)C[C@H]4/C=C\CCCCC[C@H](NC(=O)N4CCCC4)C(=O)N3C2)nc2c(-c3nc(-c4ccccc4)cs3)cccc21. The number of urea groups is 1. The molecule has 2 saturated carbocycles. The lowest BCUT2D eigenvalue weighted by Crippen LogP contribution is -2.59. The number of hydrogen-bond donors (Lipinski definition) is 3. The molecule has 15 nitrogen and oxygen atoms in total. The number of para-hydroxylation sites is 1. The van der Waals surface area contributed by atoms with Gasteiger partial charge < -0.3 is 25.2 Å². The number of benzene rings is 2. The fraction of sp³-hybridized carbons (Fsp3) is 0.522. The van der Waals surface area contributed by atoms with E-state index in [1.54, 1.807) is 11.8 Å². The molecule has 5 amide bonds. The molecular formula is C46H56N8O7S2. The molecule has 2 saturated heterocycles. The largest absolute Gasteiger partial charge is 0.459 e. The van der Waals surface area contributed by atoms with Gasteiger partial charge in [-0.2, -0.15) is 4.98 Å². The molecule has 4 aromatic rings. The molecule has 2 aromatic carbocycles. The number of carbonyl (C=O) groups excluding carboxylic acids is 4. The minimum Gasteiger partial charge on any atom is -0.459 e. The van der Waals surface area contributed by atoms with Crippen LogP contribution in [0.1, 0.15) is 97.4 Å². The van der Waals surface area contributed by atoms with Gasteiger partial charge in [0.1, 0.15) is 34.3 Å². The van der Waals surface area contributed by atoms with Gasteiger partial charge in [0.25, 0.3) is 11.9 Å². The van der Waals surface area contributed by atoms with Crippen molar-refractivity contribution in [1.82, 2.24) is 39.7 Å². The third-order valence-corrected chi connectivity index (χ3v) is 16.5. The standard InChI is InChI=1S/C46H56N8O7S2/c1-29(2)54-36-20-14-18-33(40-47-35(28-62-40)30-15-8-7-9-16-30)38(36)49-44(54)61-32-25-37-39(55)50-46(42(57)51-63(59,60)45(3)21-22-45)26-31(46)17-10-5-4-6-11-19-34(41(56)53(37)27-32)48-43(58)52-23-12-13-24-52/h7-10,14-18,20,28-29,31-32,34,37H,4-6,11-13,19,21-27H2,1-3H3,(H,48,58)(H,50,55)(H,51,57)/b17-10-/t31-,32-,34+,37+,46-/m1/s1. The zero-order valence-corrected chi connectivity index (χ0v) is 37.7. The van der Waals surface area contributed by atoms with Crippen molar-refractivity contribution in [2.75, 3.05) is 19.6 Å². The summed E-state index contributed by atoms with van der Waals surface area (Å²) in [5.74, 6) is -2.21. The molecule has 5 heterocycles. The van der Waals surface area contributed by atoms with Gasteiger partial charge in [-0.15, -0.1) is 11.3 Å². The highest BCUT2D eigenvalue weighted by Crippen LogP contribution is 2.48. The van der Waals surface area contributed by atoms with Gasteiger partial charge >= 0.3 is 6.03 Å². The van der Waals surface area contributed by atoms with Gasteiger partial charge in [0, 0.05) is 48.0 Å². The molecule has 9 rings (SSSR count). The Morgan fingerprint density at radius 1 is 0.984 bits per heavy atom. The van der Waals surface area contributed by atoms with E-state index >= 15 is 0 Å². The molecule has 4 fully saturated rings. The van der Waals surface area contributed by atoms with Gasteiger partial charge in [0.05, 0.1) is 22.5 Å². The highest BCUT2D eigenvalue weighted by Gasteiger charge is 2.63. The molecule has 334 valence electrons. The van der Waals surface area contributed by atoms with Crippen LogP contribution in [0.4, 0.5) is 4.79 Å². The first-order valence-electron chi connectivity index (χ1n) is 22.4. The van der Waals surface area contributed by atoms with Gasteiger partial charge in [0.15, 0.2) is 0 Å². The van der Waals surface area contributed by atoms with Gasteiger partial charge in [-0.1, -0.05) is 61.4 Å². The number of nitrogens with zero attached hydrogens (tertiary/aromatic N) is 5. The second-order valence-corrected chi connectivity index (χ2v) is 21.4. The first-order chi connectivity index (χ1) is 30.3. The predicted octanol–water partition coefficient (Wildman–Crippen LogP) is 6.32. The Labute approximate surface area is 372 Å². The van der Waals surface area contributed by atoms with E-state index in [1.165, 1.54) is 16.2 Å². The van der Waals surface area contributed by atoms with Crippen molar-refractivity contribution in [3.8, 4) is 27.8 Å². The fourth-order valence-electron chi connectivity index (χ4n) is 9.25. The predicted molar refractivity (Wildman–Crippen MR) is 240 cm³/mol. The van der Waals surface area contributed by atoms with Gasteiger partial charge in [-0.05, 0) is 84.3 Å². The highest BCUT2D eigenvalue weighted by molar-refractivity contribution is 7.91. The average molecular weight is 897 g/mol. The first kappa shape index (κ1) is 43.0. The molecule has 17 heteroatoms. The molecule has 0 bridgehead atoms. The number of hydrogen-bond acceptors (Lipinski definition) is 10. The van der Waals surface area contributed by atoms with Crippen LogP contribution < -0.4 is 20.1 Å². The second-order valence-electron chi connectivity index (χ2n) is 18.3. The van der Waals surface area contributed by atoms with Crippen LogP contribution in [0.25, 0.3) is 32.9 Å². The molecule has 2 aromatic heterocycles. The Morgan fingerprint density at radius 3 is 2.51 bits per heavy atom. The summed E-state index contributed by atoms with van der Waals surface area (Å²) in [4.78, 5) is 70.4. The summed E-state index contributed by atoms with van der Waals surface area (Å²) in [7, 11) is -4.00. The van der Waals surface area contributed by atoms with E-state index in [1.807, 2.05) is 84.5 Å². The number of likely N-dealkylation sites (tertiary alicyclic amines) is 1. The van der Waals surface area contributed by atoms with Crippen molar-refractivity contribution in [3.05, 3.63) is 66.1 Å². The Kier molecular flexibility index (Phi) is 11.6. The summed E-state index contributed by atoms with van der Waals surface area (Å²) in [6.45, 7) is 6.92. The number of carbonyl (C=O) groups is 4. The number of aromatic nitrogens is 3. The van der Waals surface area contributed by atoms with Crippen molar-refractivity contribution >= 4 is 56.1 Å². The monoisotopic (exact) mass is 896 g/mol. The maximum Gasteiger partial charge on any atom is 0.318 e. The van der Waals surface area contributed by atoms with Crippen molar-refractivity contribution in [3.63, 3.8) is 0 Å². The van der Waals surface area contributed by atoms with Crippen molar-refractivity contribution in [2.24, 2.45) is 5.92 Å². The zero-order chi connectivity index (χ0) is 44.1. The maximum atomic E-state index is 14.9. The van der Waals surface area contributed by atoms with Crippen LogP contribution in [-0.2, 0) is 24.4 Å². The number of fused-ring (bicyclic) bond motifs is 3. The number of ether oxygens (including phenoxy) is 1. The van der Waals surface area contributed by atoms with Crippen molar-refractivity contribution in [1.29, 1.82) is 0 Å². The van der Waals surface area contributed by atoms with E-state index in [0.29, 0.717) is 56.7 Å². The summed E-state index contributed by atoms with van der Waals surface area (Å²) in [6, 6.07) is 13.9. The number of thiazole rings is 1. The Balaban J connectivity index is 1.04. The molecule has 0 radical (unpaired) electrons. The molecule has 0 spiro atoms. The van der Waals surface area contributed by atoms with Gasteiger partial charge in [-0.3, -0.25) is 23.7 Å². The van der Waals surface area contributed by atoms with Crippen LogP contribution in [0.15, 0.2) is 66.1 Å². The molecule has 5 aliphatic rings. The normalized spacial score (nSPS) is 26.6. The summed E-state index contributed by atoms with van der Waals surface area (Å²) in [5.41, 5.74) is 2.77. The van der Waals surface area contributed by atoms with Crippen LogP contribution in [0, 0.1) is 5.92 Å². The molecule has 3 N–H and O–H groups in total. The van der Waals surface area contributed by atoms with Crippen LogP contribution in [0.5, 0.6) is 6.01 Å². The van der Waals surface area contributed by atoms with Crippen LogP contribution in [0.2, 0.25) is 0 Å². The molecule has 2 aliphatic carbocycles. The zero-order valence-electron chi connectivity index (χ0n) is 36.0. The maximum absolute atomic E-state index is 14.9. The highest BCUT2D eigenvalue weighted by atomic mass is 32.2. The Morgan fingerprint density at radius 2 is 1.76 bits per heavy atom. The minimum absolute atomic E-state index is 0.0172. The number of sulfonamides is 1. The molecule has 3 aliphatic heterocycles. The fourth-order valence-corrected chi connectivity index (χ4v) is 11.4. The van der Waals surface area contributed by atoms with E-state index < -0.39 is 62.1 Å². The summed E-state index contributed by atoms with van der Waals surface area (Å²) in [6.07, 6.45) is 9.54. The van der Waals surface area contributed by atoms with Gasteiger partial charge in [-0.25, -0.2) is 18.2 Å². The Hall–Kier alpha value is -5.29. The van der Waals surface area contributed by atoms with Crippen LogP contribution >= 0.6 is 11.3 Å².